The molecular formula is C18H19ClN4O. The van der Waals surface area contributed by atoms with Crippen LogP contribution in [0.3, 0.4) is 0 Å². The van der Waals surface area contributed by atoms with Crippen LogP contribution in [0.4, 0.5) is 5.82 Å². The summed E-state index contributed by atoms with van der Waals surface area (Å²) in [5.41, 5.74) is 2.66. The van der Waals surface area contributed by atoms with Crippen LogP contribution in [0.5, 0.6) is 0 Å². The Hall–Kier alpha value is -2.14. The summed E-state index contributed by atoms with van der Waals surface area (Å²) >= 11 is 6.02. The van der Waals surface area contributed by atoms with Crippen molar-refractivity contribution in [2.24, 2.45) is 0 Å². The number of amides is 1. The van der Waals surface area contributed by atoms with E-state index < -0.39 is 0 Å². The average Bonchev–Trinajstić information content (AvgIpc) is 2.96. The fourth-order valence-electron chi connectivity index (χ4n) is 3.37. The van der Waals surface area contributed by atoms with Gasteiger partial charge < -0.3 is 9.80 Å². The van der Waals surface area contributed by atoms with Crippen LogP contribution in [0.2, 0.25) is 5.02 Å². The summed E-state index contributed by atoms with van der Waals surface area (Å²) in [6.45, 7) is 6.22. The van der Waals surface area contributed by atoms with Crippen LogP contribution in [0, 0.1) is 6.92 Å². The molecule has 1 atom stereocenters. The highest BCUT2D eigenvalue weighted by atomic mass is 35.5. The Kier molecular flexibility index (Phi) is 3.68. The first-order valence-electron chi connectivity index (χ1n) is 8.21. The maximum Gasteiger partial charge on any atom is 0.254 e. The molecule has 5 nitrogen and oxygen atoms in total. The first-order valence-corrected chi connectivity index (χ1v) is 8.58. The Morgan fingerprint density at radius 1 is 1.29 bits per heavy atom. The van der Waals surface area contributed by atoms with Gasteiger partial charge in [0.25, 0.3) is 5.91 Å². The maximum atomic E-state index is 12.8. The largest absolute Gasteiger partial charge is 0.353 e. The molecular weight excluding hydrogens is 324 g/mol. The topological polar surface area (TPSA) is 49.3 Å². The number of carbonyl (C=O) groups is 1. The smallest absolute Gasteiger partial charge is 0.254 e. The van der Waals surface area contributed by atoms with E-state index >= 15 is 0 Å². The SMILES string of the molecule is Cc1nc2c(c(N3CC[C@@H]3C)n1)CN(C(=O)c1cccc(Cl)c1)C2. The molecule has 0 unspecified atom stereocenters. The zero-order chi connectivity index (χ0) is 16.8. The minimum Gasteiger partial charge on any atom is -0.353 e. The van der Waals surface area contributed by atoms with Crippen molar-refractivity contribution in [3.8, 4) is 0 Å². The second kappa shape index (κ2) is 5.74. The first-order chi connectivity index (χ1) is 11.5. The molecule has 0 aliphatic carbocycles. The lowest BCUT2D eigenvalue weighted by Crippen LogP contribution is -2.46. The van der Waals surface area contributed by atoms with Crippen molar-refractivity contribution in [2.75, 3.05) is 11.4 Å². The fourth-order valence-corrected chi connectivity index (χ4v) is 3.56. The number of hydrogen-bond acceptors (Lipinski definition) is 4. The van der Waals surface area contributed by atoms with E-state index in [1.807, 2.05) is 11.8 Å². The number of fused-ring (bicyclic) bond motifs is 1. The number of aryl methyl sites for hydroxylation is 1. The number of hydrogen-bond donors (Lipinski definition) is 0. The van der Waals surface area contributed by atoms with Crippen LogP contribution in [-0.4, -0.2) is 33.4 Å². The van der Waals surface area contributed by atoms with Gasteiger partial charge in [-0.3, -0.25) is 4.79 Å². The molecule has 2 aromatic rings. The van der Waals surface area contributed by atoms with E-state index in [9.17, 15) is 4.79 Å². The molecule has 1 aromatic heterocycles. The van der Waals surface area contributed by atoms with Crippen LogP contribution in [0.15, 0.2) is 24.3 Å². The van der Waals surface area contributed by atoms with Crippen molar-refractivity contribution in [2.45, 2.75) is 39.4 Å². The van der Waals surface area contributed by atoms with Crippen molar-refractivity contribution in [3.63, 3.8) is 0 Å². The van der Waals surface area contributed by atoms with Gasteiger partial charge in [-0.15, -0.1) is 0 Å². The Morgan fingerprint density at radius 3 is 2.79 bits per heavy atom. The van der Waals surface area contributed by atoms with E-state index in [4.69, 9.17) is 11.6 Å². The highest BCUT2D eigenvalue weighted by Gasteiger charge is 2.34. The van der Waals surface area contributed by atoms with Crippen LogP contribution in [0.25, 0.3) is 0 Å². The molecule has 6 heteroatoms. The molecule has 0 spiro atoms. The van der Waals surface area contributed by atoms with E-state index in [0.29, 0.717) is 29.7 Å². The summed E-state index contributed by atoms with van der Waals surface area (Å²) in [6, 6.07) is 7.58. The normalized spacial score (nSPS) is 19.2. The van der Waals surface area contributed by atoms with Gasteiger partial charge >= 0.3 is 0 Å². The van der Waals surface area contributed by atoms with Gasteiger partial charge in [0.1, 0.15) is 11.6 Å². The molecule has 3 heterocycles. The summed E-state index contributed by atoms with van der Waals surface area (Å²) < 4.78 is 0. The van der Waals surface area contributed by atoms with E-state index in [1.54, 1.807) is 24.3 Å². The predicted molar refractivity (Wildman–Crippen MR) is 93.2 cm³/mol. The molecule has 0 radical (unpaired) electrons. The molecule has 1 saturated heterocycles. The minimum atomic E-state index is -0.0178. The predicted octanol–water partition coefficient (Wildman–Crippen LogP) is 3.19. The third-order valence-corrected chi connectivity index (χ3v) is 5.06. The van der Waals surface area contributed by atoms with Crippen LogP contribution < -0.4 is 4.90 Å². The molecule has 124 valence electrons. The van der Waals surface area contributed by atoms with Crippen LogP contribution >= 0.6 is 11.6 Å². The van der Waals surface area contributed by atoms with Gasteiger partial charge in [-0.2, -0.15) is 0 Å². The molecule has 1 fully saturated rings. The lowest BCUT2D eigenvalue weighted by Gasteiger charge is -2.40. The summed E-state index contributed by atoms with van der Waals surface area (Å²) in [7, 11) is 0. The molecule has 2 aliphatic heterocycles. The zero-order valence-corrected chi connectivity index (χ0v) is 14.5. The standard InChI is InChI=1S/C18H19ClN4O/c1-11-6-7-23(11)17-15-9-22(10-16(15)20-12(2)21-17)18(24)13-4-3-5-14(19)8-13/h3-5,8,11H,6-7,9-10H2,1-2H3/t11-/m0/s1. The molecule has 24 heavy (non-hydrogen) atoms. The Balaban J connectivity index is 1.64. The Bertz CT molecular complexity index is 823. The Morgan fingerprint density at radius 2 is 2.12 bits per heavy atom. The van der Waals surface area contributed by atoms with Crippen molar-refractivity contribution < 1.29 is 4.79 Å². The third kappa shape index (κ3) is 2.53. The van der Waals surface area contributed by atoms with Crippen molar-refractivity contribution in [1.29, 1.82) is 0 Å². The van der Waals surface area contributed by atoms with Gasteiger partial charge in [0.2, 0.25) is 0 Å². The lowest BCUT2D eigenvalue weighted by atomic mass is 10.0. The first kappa shape index (κ1) is 15.4. The number of nitrogens with zero attached hydrogens (tertiary/aromatic N) is 4. The lowest BCUT2D eigenvalue weighted by molar-refractivity contribution is 0.0750. The number of benzene rings is 1. The summed E-state index contributed by atoms with van der Waals surface area (Å²) in [4.78, 5) is 26.1. The molecule has 1 amide bonds. The summed E-state index contributed by atoms with van der Waals surface area (Å²) in [5.74, 6) is 1.74. The second-order valence-corrected chi connectivity index (χ2v) is 6.96. The van der Waals surface area contributed by atoms with Gasteiger partial charge in [-0.1, -0.05) is 17.7 Å². The van der Waals surface area contributed by atoms with E-state index in [-0.39, 0.29) is 5.91 Å². The van der Waals surface area contributed by atoms with Crippen molar-refractivity contribution in [1.82, 2.24) is 14.9 Å². The molecule has 0 bridgehead atoms. The van der Waals surface area contributed by atoms with Crippen LogP contribution in [0.1, 0.15) is 40.8 Å². The minimum absolute atomic E-state index is 0.0178. The number of halogens is 1. The van der Waals surface area contributed by atoms with Gasteiger partial charge in [0, 0.05) is 28.7 Å². The van der Waals surface area contributed by atoms with E-state index in [1.165, 1.54) is 6.42 Å². The number of carbonyl (C=O) groups excluding carboxylic acids is 1. The van der Waals surface area contributed by atoms with E-state index in [2.05, 4.69) is 21.8 Å². The van der Waals surface area contributed by atoms with Crippen LogP contribution in [-0.2, 0) is 13.1 Å². The van der Waals surface area contributed by atoms with Gasteiger partial charge in [0.05, 0.1) is 18.8 Å². The van der Waals surface area contributed by atoms with Gasteiger partial charge in [-0.25, -0.2) is 9.97 Å². The highest BCUT2D eigenvalue weighted by molar-refractivity contribution is 6.30. The van der Waals surface area contributed by atoms with Crippen molar-refractivity contribution >= 4 is 23.3 Å². The van der Waals surface area contributed by atoms with Gasteiger partial charge in [0.15, 0.2) is 0 Å². The summed E-state index contributed by atoms with van der Waals surface area (Å²) in [6.07, 6.45) is 1.18. The summed E-state index contributed by atoms with van der Waals surface area (Å²) in [5, 5.41) is 0.572. The van der Waals surface area contributed by atoms with Crippen molar-refractivity contribution in [3.05, 3.63) is 51.9 Å². The molecule has 2 aliphatic rings. The maximum absolute atomic E-state index is 12.8. The molecule has 1 aromatic carbocycles. The number of aromatic nitrogens is 2. The fraction of sp³-hybridized carbons (Fsp3) is 0.389. The number of rotatable bonds is 2. The number of anilines is 1. The zero-order valence-electron chi connectivity index (χ0n) is 13.8. The second-order valence-electron chi connectivity index (χ2n) is 6.52. The highest BCUT2D eigenvalue weighted by Crippen LogP contribution is 2.34. The molecule has 0 N–H and O–H groups in total. The molecule has 4 rings (SSSR count). The third-order valence-electron chi connectivity index (χ3n) is 4.82. The van der Waals surface area contributed by atoms with E-state index in [0.717, 1.165) is 29.4 Å². The quantitative estimate of drug-likeness (QED) is 0.841. The monoisotopic (exact) mass is 342 g/mol. The Labute approximate surface area is 146 Å². The average molecular weight is 343 g/mol. The molecule has 0 saturated carbocycles. The van der Waals surface area contributed by atoms with Gasteiger partial charge in [-0.05, 0) is 38.5 Å².